The average Bonchev–Trinajstić information content (AvgIpc) is 2.15. The second-order valence-corrected chi connectivity index (χ2v) is 6.41. The van der Waals surface area contributed by atoms with Gasteiger partial charge in [0.05, 0.1) is 5.75 Å². The summed E-state index contributed by atoms with van der Waals surface area (Å²) >= 11 is 0. The number of ether oxygens (including phenoxy) is 1. The van der Waals surface area contributed by atoms with Gasteiger partial charge in [-0.3, -0.25) is 0 Å². The van der Waals surface area contributed by atoms with Gasteiger partial charge in [-0.15, -0.1) is 0 Å². The predicted molar refractivity (Wildman–Crippen MR) is 60.4 cm³/mol. The summed E-state index contributed by atoms with van der Waals surface area (Å²) in [5.41, 5.74) is -0.720. The summed E-state index contributed by atoms with van der Waals surface area (Å²) in [7, 11) is 2.81. The van der Waals surface area contributed by atoms with Crippen molar-refractivity contribution in [2.24, 2.45) is 0 Å². The van der Waals surface area contributed by atoms with E-state index in [0.717, 1.165) is 0 Å². The van der Waals surface area contributed by atoms with E-state index in [4.69, 9.17) is 15.4 Å². The minimum absolute atomic E-state index is 0.415. The largest absolute Gasteiger partial charge is 0.373 e. The summed E-state index contributed by atoms with van der Waals surface area (Å²) in [5, 5.41) is 0. The van der Waals surface area contributed by atoms with Crippen LogP contribution in [-0.4, -0.2) is 21.3 Å². The molecule has 1 unspecified atom stereocenters. The number of rotatable bonds is 4. The molecule has 0 heterocycles. The topological polar surface area (TPSA) is 43.4 Å². The van der Waals surface area contributed by atoms with E-state index >= 15 is 0 Å². The molecule has 0 bridgehead atoms. The molecule has 3 nitrogen and oxygen atoms in total. The summed E-state index contributed by atoms with van der Waals surface area (Å²) in [6, 6.07) is 5.58. The molecule has 90 valence electrons. The monoisotopic (exact) mass is 266 g/mol. The Hall–Kier alpha value is -0.650. The van der Waals surface area contributed by atoms with Crippen molar-refractivity contribution in [2.45, 2.75) is 12.5 Å². The van der Waals surface area contributed by atoms with E-state index in [9.17, 15) is 12.8 Å². The highest BCUT2D eigenvalue weighted by Gasteiger charge is 2.32. The molecule has 1 rings (SSSR count). The van der Waals surface area contributed by atoms with Gasteiger partial charge in [0.25, 0.3) is 0 Å². The van der Waals surface area contributed by atoms with E-state index in [2.05, 4.69) is 0 Å². The van der Waals surface area contributed by atoms with Crippen LogP contribution in [0.15, 0.2) is 24.3 Å². The van der Waals surface area contributed by atoms with Crippen molar-refractivity contribution in [2.75, 3.05) is 12.9 Å². The summed E-state index contributed by atoms with van der Waals surface area (Å²) in [4.78, 5) is 0. The first kappa shape index (κ1) is 13.4. The highest BCUT2D eigenvalue weighted by Crippen LogP contribution is 2.28. The van der Waals surface area contributed by atoms with Crippen molar-refractivity contribution >= 4 is 19.7 Å². The van der Waals surface area contributed by atoms with Gasteiger partial charge in [0.2, 0.25) is 9.05 Å². The van der Waals surface area contributed by atoms with Crippen LogP contribution in [0.5, 0.6) is 0 Å². The Morgan fingerprint density at radius 3 is 2.56 bits per heavy atom. The SMILES string of the molecule is COC(C)(CS(=O)(=O)Cl)c1cccc(F)c1. The summed E-state index contributed by atoms with van der Waals surface area (Å²) in [5.74, 6) is -0.866. The summed E-state index contributed by atoms with van der Waals surface area (Å²) in [6.45, 7) is 1.54. The van der Waals surface area contributed by atoms with E-state index in [0.29, 0.717) is 5.56 Å². The molecular formula is C10H12ClFO3S. The molecule has 1 aromatic rings. The lowest BCUT2D eigenvalue weighted by Gasteiger charge is -2.27. The first-order valence-electron chi connectivity index (χ1n) is 4.50. The van der Waals surface area contributed by atoms with E-state index in [1.165, 1.54) is 25.3 Å². The van der Waals surface area contributed by atoms with Gasteiger partial charge < -0.3 is 4.74 Å². The highest BCUT2D eigenvalue weighted by molar-refractivity contribution is 8.13. The summed E-state index contributed by atoms with van der Waals surface area (Å²) in [6.07, 6.45) is 0. The number of benzene rings is 1. The molecular weight excluding hydrogens is 255 g/mol. The van der Waals surface area contributed by atoms with Gasteiger partial charge in [-0.1, -0.05) is 12.1 Å². The maximum atomic E-state index is 13.0. The molecule has 0 fully saturated rings. The fourth-order valence-electron chi connectivity index (χ4n) is 1.41. The maximum absolute atomic E-state index is 13.0. The van der Waals surface area contributed by atoms with Gasteiger partial charge in [0, 0.05) is 17.8 Å². The van der Waals surface area contributed by atoms with E-state index in [1.54, 1.807) is 13.0 Å². The number of hydrogen-bond acceptors (Lipinski definition) is 3. The zero-order valence-corrected chi connectivity index (χ0v) is 10.5. The normalized spacial score (nSPS) is 15.8. The van der Waals surface area contributed by atoms with E-state index in [1.807, 2.05) is 0 Å². The molecule has 0 spiro atoms. The second kappa shape index (κ2) is 4.69. The van der Waals surface area contributed by atoms with Crippen LogP contribution in [-0.2, 0) is 19.4 Å². The third-order valence-corrected chi connectivity index (χ3v) is 3.56. The Labute approximate surface area is 98.6 Å². The Kier molecular flexibility index (Phi) is 3.93. The quantitative estimate of drug-likeness (QED) is 0.785. The molecule has 1 atom stereocenters. The molecule has 0 aliphatic carbocycles. The predicted octanol–water partition coefficient (Wildman–Crippen LogP) is 2.26. The average molecular weight is 267 g/mol. The molecule has 0 aromatic heterocycles. The minimum Gasteiger partial charge on any atom is -0.373 e. The van der Waals surface area contributed by atoms with Crippen LogP contribution < -0.4 is 0 Å². The van der Waals surface area contributed by atoms with Crippen molar-refractivity contribution in [3.63, 3.8) is 0 Å². The third kappa shape index (κ3) is 3.43. The molecule has 0 aliphatic rings. The van der Waals surface area contributed by atoms with Crippen molar-refractivity contribution < 1.29 is 17.5 Å². The molecule has 0 aliphatic heterocycles. The van der Waals surface area contributed by atoms with Gasteiger partial charge in [-0.05, 0) is 24.6 Å². The van der Waals surface area contributed by atoms with E-state index in [-0.39, 0.29) is 0 Å². The fraction of sp³-hybridized carbons (Fsp3) is 0.400. The maximum Gasteiger partial charge on any atom is 0.235 e. The second-order valence-electron chi connectivity index (χ2n) is 3.63. The smallest absolute Gasteiger partial charge is 0.235 e. The Morgan fingerprint density at radius 2 is 2.12 bits per heavy atom. The third-order valence-electron chi connectivity index (χ3n) is 2.33. The van der Waals surface area contributed by atoms with Gasteiger partial charge in [0.1, 0.15) is 11.4 Å². The highest BCUT2D eigenvalue weighted by atomic mass is 35.7. The van der Waals surface area contributed by atoms with Crippen molar-refractivity contribution in [3.05, 3.63) is 35.6 Å². The van der Waals surface area contributed by atoms with Gasteiger partial charge in [-0.2, -0.15) is 0 Å². The van der Waals surface area contributed by atoms with Gasteiger partial charge in [0.15, 0.2) is 0 Å². The van der Waals surface area contributed by atoms with Gasteiger partial charge in [-0.25, -0.2) is 12.8 Å². The molecule has 0 radical (unpaired) electrons. The molecule has 6 heteroatoms. The zero-order valence-electron chi connectivity index (χ0n) is 8.91. The lowest BCUT2D eigenvalue weighted by molar-refractivity contribution is 0.0223. The van der Waals surface area contributed by atoms with Gasteiger partial charge >= 0.3 is 0 Å². The number of methoxy groups -OCH3 is 1. The first-order chi connectivity index (χ1) is 7.27. The van der Waals surface area contributed by atoms with Crippen LogP contribution in [0.1, 0.15) is 12.5 Å². The zero-order chi connectivity index (χ0) is 12.4. The van der Waals surface area contributed by atoms with Crippen LogP contribution in [0.4, 0.5) is 4.39 Å². The standard InChI is InChI=1S/C10H12ClFO3S/c1-10(15-2,7-16(11,13)14)8-4-3-5-9(12)6-8/h3-6H,7H2,1-2H3. The molecule has 0 amide bonds. The number of hydrogen-bond donors (Lipinski definition) is 0. The minimum atomic E-state index is -3.73. The Balaban J connectivity index is 3.14. The molecule has 1 aromatic carbocycles. The lowest BCUT2D eigenvalue weighted by Crippen LogP contribution is -2.31. The van der Waals surface area contributed by atoms with Crippen molar-refractivity contribution in [3.8, 4) is 0 Å². The molecule has 0 saturated carbocycles. The first-order valence-corrected chi connectivity index (χ1v) is 6.98. The van der Waals surface area contributed by atoms with Crippen LogP contribution in [0.2, 0.25) is 0 Å². The number of halogens is 2. The summed E-state index contributed by atoms with van der Waals surface area (Å²) < 4.78 is 40.3. The Bertz CT molecular complexity index is 475. The lowest BCUT2D eigenvalue weighted by atomic mass is 9.98. The van der Waals surface area contributed by atoms with Crippen LogP contribution in [0, 0.1) is 5.82 Å². The van der Waals surface area contributed by atoms with Crippen molar-refractivity contribution in [1.29, 1.82) is 0 Å². The van der Waals surface area contributed by atoms with E-state index < -0.39 is 26.2 Å². The fourth-order valence-corrected chi connectivity index (χ4v) is 2.97. The van der Waals surface area contributed by atoms with Crippen molar-refractivity contribution in [1.82, 2.24) is 0 Å². The molecule has 0 N–H and O–H groups in total. The van der Waals surface area contributed by atoms with Crippen LogP contribution in [0.25, 0.3) is 0 Å². The Morgan fingerprint density at radius 1 is 1.50 bits per heavy atom. The van der Waals surface area contributed by atoms with Crippen LogP contribution >= 0.6 is 10.7 Å². The molecule has 16 heavy (non-hydrogen) atoms. The molecule has 0 saturated heterocycles. The van der Waals surface area contributed by atoms with Crippen LogP contribution in [0.3, 0.4) is 0 Å².